The van der Waals surface area contributed by atoms with E-state index < -0.39 is 12.0 Å². The Hall–Kier alpha value is -2.05. The first-order valence-electron chi connectivity index (χ1n) is 7.37. The lowest BCUT2D eigenvalue weighted by molar-refractivity contribution is -0.157. The molecule has 0 saturated carbocycles. The maximum atomic E-state index is 12.3. The van der Waals surface area contributed by atoms with Gasteiger partial charge >= 0.3 is 5.97 Å². The fraction of sp³-hybridized carbons (Fsp3) is 0.294. The van der Waals surface area contributed by atoms with Gasteiger partial charge in [0.1, 0.15) is 0 Å². The van der Waals surface area contributed by atoms with Gasteiger partial charge in [0.15, 0.2) is 6.04 Å². The van der Waals surface area contributed by atoms with Crippen molar-refractivity contribution < 1.29 is 19.4 Å². The Balaban J connectivity index is 1.66. The predicted octanol–water partition coefficient (Wildman–Crippen LogP) is 2.24. The van der Waals surface area contributed by atoms with Gasteiger partial charge in [-0.1, -0.05) is 30.3 Å². The molecular formula is C17H17NO4S. The van der Waals surface area contributed by atoms with Crippen molar-refractivity contribution in [2.75, 3.05) is 25.5 Å². The van der Waals surface area contributed by atoms with Crippen LogP contribution in [0.15, 0.2) is 47.4 Å². The molecule has 1 heterocycles. The number of aliphatic carboxylic acids is 1. The Morgan fingerprint density at radius 2 is 2.00 bits per heavy atom. The van der Waals surface area contributed by atoms with Crippen molar-refractivity contribution >= 4 is 34.4 Å². The summed E-state index contributed by atoms with van der Waals surface area (Å²) in [6, 6.07) is 13.2. The molecule has 1 amide bonds. The van der Waals surface area contributed by atoms with Crippen molar-refractivity contribution in [2.45, 2.75) is 10.9 Å². The second-order valence-corrected chi connectivity index (χ2v) is 6.36. The molecule has 0 bridgehead atoms. The van der Waals surface area contributed by atoms with Crippen LogP contribution in [0, 0.1) is 0 Å². The van der Waals surface area contributed by atoms with Gasteiger partial charge < -0.3 is 14.7 Å². The Kier molecular flexibility index (Phi) is 4.83. The molecule has 0 spiro atoms. The minimum atomic E-state index is -1.02. The van der Waals surface area contributed by atoms with E-state index in [1.807, 2.05) is 42.5 Å². The molecule has 3 rings (SSSR count). The number of fused-ring (bicyclic) bond motifs is 1. The van der Waals surface area contributed by atoms with Crippen molar-refractivity contribution in [3.05, 3.63) is 42.5 Å². The molecule has 1 unspecified atom stereocenters. The largest absolute Gasteiger partial charge is 0.480 e. The first kappa shape index (κ1) is 15.8. The highest BCUT2D eigenvalue weighted by Gasteiger charge is 2.32. The summed E-state index contributed by atoms with van der Waals surface area (Å²) in [7, 11) is 0. The summed E-state index contributed by atoms with van der Waals surface area (Å²) in [6.45, 7) is 0.770. The number of ether oxygens (including phenoxy) is 1. The highest BCUT2D eigenvalue weighted by Crippen LogP contribution is 2.24. The third-order valence-corrected chi connectivity index (χ3v) is 4.80. The number of carboxylic acids is 1. The topological polar surface area (TPSA) is 66.8 Å². The van der Waals surface area contributed by atoms with Crippen LogP contribution < -0.4 is 0 Å². The van der Waals surface area contributed by atoms with E-state index in [0.717, 1.165) is 15.7 Å². The van der Waals surface area contributed by atoms with Gasteiger partial charge in [-0.15, -0.1) is 11.8 Å². The van der Waals surface area contributed by atoms with Crippen molar-refractivity contribution in [3.8, 4) is 0 Å². The van der Waals surface area contributed by atoms with Gasteiger partial charge in [-0.2, -0.15) is 0 Å². The fourth-order valence-corrected chi connectivity index (χ4v) is 3.42. The Morgan fingerprint density at radius 3 is 2.78 bits per heavy atom. The molecule has 1 fully saturated rings. The first-order valence-corrected chi connectivity index (χ1v) is 8.35. The molecule has 1 saturated heterocycles. The molecule has 0 aliphatic carbocycles. The van der Waals surface area contributed by atoms with Gasteiger partial charge in [-0.05, 0) is 22.9 Å². The molecule has 0 radical (unpaired) electrons. The Morgan fingerprint density at radius 1 is 1.22 bits per heavy atom. The lowest BCUT2D eigenvalue weighted by Crippen LogP contribution is -2.53. The second kappa shape index (κ2) is 7.02. The standard InChI is InChI=1S/C17H17NO4S/c19-16(18-7-8-22-10-15(18)17(20)21)11-23-14-6-5-12-3-1-2-4-13(12)9-14/h1-6,9,15H,7-8,10-11H2,(H,20,21). The summed E-state index contributed by atoms with van der Waals surface area (Å²) >= 11 is 1.43. The number of carboxylic acid groups (broad SMARTS) is 1. The number of rotatable bonds is 4. The first-order chi connectivity index (χ1) is 11.1. The number of nitrogens with zero attached hydrogens (tertiary/aromatic N) is 1. The van der Waals surface area contributed by atoms with E-state index in [1.54, 1.807) is 0 Å². The average molecular weight is 331 g/mol. The van der Waals surface area contributed by atoms with E-state index in [0.29, 0.717) is 13.2 Å². The number of carbonyl (C=O) groups is 2. The summed E-state index contributed by atoms with van der Waals surface area (Å²) in [5, 5.41) is 11.5. The number of benzene rings is 2. The van der Waals surface area contributed by atoms with Gasteiger partial charge in [0.25, 0.3) is 0 Å². The number of thioether (sulfide) groups is 1. The van der Waals surface area contributed by atoms with Gasteiger partial charge in [0, 0.05) is 11.4 Å². The number of carbonyl (C=O) groups excluding carboxylic acids is 1. The zero-order valence-corrected chi connectivity index (χ0v) is 13.3. The Bertz CT molecular complexity index is 733. The minimum absolute atomic E-state index is 0.0573. The van der Waals surface area contributed by atoms with Gasteiger partial charge in [0.2, 0.25) is 5.91 Å². The molecule has 1 aliphatic rings. The maximum absolute atomic E-state index is 12.3. The van der Waals surface area contributed by atoms with Crippen molar-refractivity contribution in [1.82, 2.24) is 4.90 Å². The Labute approximate surface area is 138 Å². The van der Waals surface area contributed by atoms with Crippen LogP contribution in [0.25, 0.3) is 10.8 Å². The molecule has 1 aliphatic heterocycles. The van der Waals surface area contributed by atoms with Crippen molar-refractivity contribution in [3.63, 3.8) is 0 Å². The highest BCUT2D eigenvalue weighted by atomic mass is 32.2. The normalized spacial score (nSPS) is 18.1. The summed E-state index contributed by atoms with van der Waals surface area (Å²) < 4.78 is 5.15. The molecule has 2 aromatic carbocycles. The van der Waals surface area contributed by atoms with E-state index in [9.17, 15) is 14.7 Å². The minimum Gasteiger partial charge on any atom is -0.480 e. The molecule has 6 heteroatoms. The molecule has 120 valence electrons. The molecule has 1 atom stereocenters. The van der Waals surface area contributed by atoms with Gasteiger partial charge in [-0.25, -0.2) is 4.79 Å². The lowest BCUT2D eigenvalue weighted by atomic mass is 10.1. The molecule has 23 heavy (non-hydrogen) atoms. The summed E-state index contributed by atoms with van der Waals surface area (Å²) in [5.74, 6) is -0.963. The summed E-state index contributed by atoms with van der Waals surface area (Å²) in [5.41, 5.74) is 0. The number of morpholine rings is 1. The summed E-state index contributed by atoms with van der Waals surface area (Å²) in [6.07, 6.45) is 0. The third-order valence-electron chi connectivity index (χ3n) is 3.82. The van der Waals surface area contributed by atoms with Crippen molar-refractivity contribution in [1.29, 1.82) is 0 Å². The second-order valence-electron chi connectivity index (χ2n) is 5.31. The van der Waals surface area contributed by atoms with Crippen molar-refractivity contribution in [2.24, 2.45) is 0 Å². The molecule has 5 nitrogen and oxygen atoms in total. The maximum Gasteiger partial charge on any atom is 0.328 e. The number of amides is 1. The lowest BCUT2D eigenvalue weighted by Gasteiger charge is -2.32. The quantitative estimate of drug-likeness (QED) is 0.871. The zero-order chi connectivity index (χ0) is 16.2. The van der Waals surface area contributed by atoms with Gasteiger partial charge in [-0.3, -0.25) is 4.79 Å². The average Bonchev–Trinajstić information content (AvgIpc) is 2.59. The molecule has 2 aromatic rings. The van der Waals surface area contributed by atoms with Crippen LogP contribution in [-0.4, -0.2) is 53.4 Å². The molecule has 1 N–H and O–H groups in total. The fourth-order valence-electron chi connectivity index (χ4n) is 2.59. The van der Waals surface area contributed by atoms with Crippen LogP contribution in [-0.2, 0) is 14.3 Å². The molecular weight excluding hydrogens is 314 g/mol. The number of hydrogen-bond acceptors (Lipinski definition) is 4. The highest BCUT2D eigenvalue weighted by molar-refractivity contribution is 8.00. The van der Waals surface area contributed by atoms with E-state index in [-0.39, 0.29) is 18.3 Å². The van der Waals surface area contributed by atoms with E-state index in [4.69, 9.17) is 4.74 Å². The van der Waals surface area contributed by atoms with E-state index >= 15 is 0 Å². The van der Waals surface area contributed by atoms with Crippen LogP contribution >= 0.6 is 11.8 Å². The van der Waals surface area contributed by atoms with Crippen LogP contribution in [0.3, 0.4) is 0 Å². The summed E-state index contributed by atoms with van der Waals surface area (Å²) in [4.78, 5) is 25.9. The van der Waals surface area contributed by atoms with Crippen LogP contribution in [0.5, 0.6) is 0 Å². The van der Waals surface area contributed by atoms with Gasteiger partial charge in [0.05, 0.1) is 19.0 Å². The SMILES string of the molecule is O=C(O)C1COCCN1C(=O)CSc1ccc2ccccc2c1. The van der Waals surface area contributed by atoms with E-state index in [2.05, 4.69) is 0 Å². The van der Waals surface area contributed by atoms with Crippen LogP contribution in [0.1, 0.15) is 0 Å². The van der Waals surface area contributed by atoms with Crippen LogP contribution in [0.2, 0.25) is 0 Å². The monoisotopic (exact) mass is 331 g/mol. The van der Waals surface area contributed by atoms with E-state index in [1.165, 1.54) is 16.7 Å². The smallest absolute Gasteiger partial charge is 0.328 e. The third kappa shape index (κ3) is 3.65. The predicted molar refractivity (Wildman–Crippen MR) is 88.6 cm³/mol. The van der Waals surface area contributed by atoms with Crippen LogP contribution in [0.4, 0.5) is 0 Å². The molecule has 0 aromatic heterocycles. The number of hydrogen-bond donors (Lipinski definition) is 1. The zero-order valence-electron chi connectivity index (χ0n) is 12.5.